The van der Waals surface area contributed by atoms with E-state index in [-0.39, 0.29) is 19.1 Å². The number of phosphoric ester groups is 1. The van der Waals surface area contributed by atoms with Crippen molar-refractivity contribution in [1.29, 1.82) is 0 Å². The van der Waals surface area contributed by atoms with Crippen LogP contribution in [0.5, 0.6) is 0 Å². The van der Waals surface area contributed by atoms with E-state index in [1.807, 2.05) is 27.2 Å². The highest BCUT2D eigenvalue weighted by Crippen LogP contribution is 2.38. The van der Waals surface area contributed by atoms with E-state index >= 15 is 0 Å². The van der Waals surface area contributed by atoms with Gasteiger partial charge in [0, 0.05) is 6.42 Å². The predicted octanol–water partition coefficient (Wildman–Crippen LogP) is 15.3. The molecule has 0 saturated heterocycles. The summed E-state index contributed by atoms with van der Waals surface area (Å²) in [5, 5.41) is 13.8. The van der Waals surface area contributed by atoms with Crippen molar-refractivity contribution >= 4 is 13.7 Å². The molecule has 0 aliphatic heterocycles. The minimum Gasteiger partial charge on any atom is -0.756 e. The quantitative estimate of drug-likeness (QED) is 0.0272. The lowest BCUT2D eigenvalue weighted by molar-refractivity contribution is -0.870. The summed E-state index contributed by atoms with van der Waals surface area (Å²) in [7, 11) is 1.26. The minimum absolute atomic E-state index is 0.00111. The van der Waals surface area contributed by atoms with Gasteiger partial charge in [0.25, 0.3) is 7.82 Å². The average molecular weight is 921 g/mol. The molecule has 2 N–H and O–H groups in total. The van der Waals surface area contributed by atoms with Gasteiger partial charge in [-0.2, -0.15) is 0 Å². The van der Waals surface area contributed by atoms with Crippen LogP contribution in [-0.2, 0) is 18.4 Å². The highest BCUT2D eigenvalue weighted by atomic mass is 31.2. The lowest BCUT2D eigenvalue weighted by Crippen LogP contribution is -2.45. The van der Waals surface area contributed by atoms with Crippen LogP contribution in [0, 0.1) is 0 Å². The van der Waals surface area contributed by atoms with Crippen molar-refractivity contribution in [3.63, 3.8) is 0 Å². The fourth-order valence-electron chi connectivity index (χ4n) is 7.75. The molecule has 8 nitrogen and oxygen atoms in total. The van der Waals surface area contributed by atoms with E-state index in [0.29, 0.717) is 17.4 Å². The summed E-state index contributed by atoms with van der Waals surface area (Å²) in [6, 6.07) is -0.885. The zero-order valence-corrected chi connectivity index (χ0v) is 43.6. The highest BCUT2D eigenvalue weighted by molar-refractivity contribution is 7.45. The van der Waals surface area contributed by atoms with Crippen LogP contribution in [0.4, 0.5) is 0 Å². The first kappa shape index (κ1) is 62.5. The molecule has 0 aliphatic carbocycles. The van der Waals surface area contributed by atoms with Gasteiger partial charge in [-0.3, -0.25) is 9.36 Å². The first-order valence-electron chi connectivity index (χ1n) is 27.0. The normalized spacial score (nSPS) is 14.4. The maximum Gasteiger partial charge on any atom is 0.268 e. The van der Waals surface area contributed by atoms with Gasteiger partial charge in [-0.05, 0) is 57.8 Å². The molecule has 3 atom stereocenters. The second kappa shape index (κ2) is 46.6. The lowest BCUT2D eigenvalue weighted by atomic mass is 10.0. The van der Waals surface area contributed by atoms with Gasteiger partial charge in [-0.1, -0.05) is 229 Å². The Hall–Kier alpha value is -1.54. The molecule has 1 amide bonds. The number of carbonyl (C=O) groups excluding carboxylic acids is 1. The molecule has 0 aromatic carbocycles. The molecule has 0 spiro atoms. The third kappa shape index (κ3) is 48.4. The molecule has 0 heterocycles. The Morgan fingerprint density at radius 2 is 0.906 bits per heavy atom. The molecule has 0 fully saturated rings. The molecule has 9 heteroatoms. The summed E-state index contributed by atoms with van der Waals surface area (Å²) < 4.78 is 23.2. The van der Waals surface area contributed by atoms with Crippen molar-refractivity contribution in [2.45, 2.75) is 257 Å². The van der Waals surface area contributed by atoms with Gasteiger partial charge < -0.3 is 28.8 Å². The van der Waals surface area contributed by atoms with Crippen molar-refractivity contribution in [1.82, 2.24) is 5.32 Å². The zero-order chi connectivity index (χ0) is 47.1. The number of phosphoric acid groups is 1. The SMILES string of the molecule is CCCCCCC/C=C\C/C=C\C/C=C\CCCCCCCCCCCCCCCCCCC(=O)NC(COP(=O)([O-])OCC[N+](C)(C)C)C(O)/C=C/CCCCCCCCCCC. The molecule has 64 heavy (non-hydrogen) atoms. The number of quaternary nitrogens is 1. The number of allylic oxidation sites excluding steroid dienone is 7. The van der Waals surface area contributed by atoms with Crippen molar-refractivity contribution in [2.75, 3.05) is 40.9 Å². The maximum absolute atomic E-state index is 12.9. The molecule has 0 rings (SSSR count). The molecular formula is C55H105N2O6P. The number of hydrogen-bond acceptors (Lipinski definition) is 6. The van der Waals surface area contributed by atoms with Gasteiger partial charge in [0.15, 0.2) is 0 Å². The summed E-state index contributed by atoms with van der Waals surface area (Å²) in [4.78, 5) is 25.4. The van der Waals surface area contributed by atoms with E-state index in [2.05, 4.69) is 55.6 Å². The number of unbranched alkanes of at least 4 members (excludes halogenated alkanes) is 30. The van der Waals surface area contributed by atoms with E-state index in [0.717, 1.165) is 51.4 Å². The molecule has 0 aromatic rings. The van der Waals surface area contributed by atoms with Gasteiger partial charge >= 0.3 is 0 Å². The summed E-state index contributed by atoms with van der Waals surface area (Å²) in [5.41, 5.74) is 0. The molecule has 3 unspecified atom stereocenters. The number of rotatable bonds is 49. The molecular weight excluding hydrogens is 816 g/mol. The van der Waals surface area contributed by atoms with E-state index in [1.54, 1.807) is 6.08 Å². The van der Waals surface area contributed by atoms with Gasteiger partial charge in [-0.15, -0.1) is 0 Å². The summed E-state index contributed by atoms with van der Waals surface area (Å²) in [6.45, 7) is 4.63. The minimum atomic E-state index is -4.59. The molecule has 0 aliphatic rings. The molecule has 0 radical (unpaired) electrons. The van der Waals surface area contributed by atoms with Gasteiger partial charge in [0.05, 0.1) is 39.9 Å². The standard InChI is InChI=1S/C55H105N2O6P/c1-6-8-10-12-14-16-18-19-20-21-22-23-24-25-26-27-28-29-30-31-32-33-34-35-36-37-39-41-43-45-47-49-55(59)56-53(52-63-64(60,61)62-51-50-57(3,4)5)54(58)48-46-44-42-40-38-17-15-13-11-9-7-2/h18-19,21-22,24-25,46,48,53-54,58H,6-17,20,23,26-45,47,49-52H2,1-5H3,(H-,56,59,60,61)/b19-18-,22-21-,25-24-,48-46+. The van der Waals surface area contributed by atoms with Gasteiger partial charge in [0.2, 0.25) is 5.91 Å². The van der Waals surface area contributed by atoms with Crippen molar-refractivity contribution < 1.29 is 32.9 Å². The largest absolute Gasteiger partial charge is 0.756 e. The van der Waals surface area contributed by atoms with E-state index in [1.165, 1.54) is 173 Å². The van der Waals surface area contributed by atoms with E-state index in [9.17, 15) is 19.4 Å². The lowest BCUT2D eigenvalue weighted by Gasteiger charge is -2.29. The predicted molar refractivity (Wildman–Crippen MR) is 274 cm³/mol. The number of aliphatic hydroxyl groups excluding tert-OH is 1. The van der Waals surface area contributed by atoms with Crippen LogP contribution in [0.25, 0.3) is 0 Å². The Bertz CT molecular complexity index is 1180. The second-order valence-corrected chi connectivity index (χ2v) is 21.0. The Kier molecular flexibility index (Phi) is 45.4. The van der Waals surface area contributed by atoms with Crippen LogP contribution in [0.1, 0.15) is 245 Å². The first-order chi connectivity index (χ1) is 31.0. The number of carbonyl (C=O) groups is 1. The van der Waals surface area contributed by atoms with Gasteiger partial charge in [0.1, 0.15) is 13.2 Å². The number of nitrogens with one attached hydrogen (secondary N) is 1. The van der Waals surface area contributed by atoms with Crippen LogP contribution < -0.4 is 10.2 Å². The van der Waals surface area contributed by atoms with Crippen LogP contribution in [0.2, 0.25) is 0 Å². The summed E-state index contributed by atoms with van der Waals surface area (Å²) >= 11 is 0. The van der Waals surface area contributed by atoms with Crippen molar-refractivity contribution in [3.8, 4) is 0 Å². The molecule has 0 bridgehead atoms. The van der Waals surface area contributed by atoms with Gasteiger partial charge in [-0.25, -0.2) is 0 Å². The summed E-state index contributed by atoms with van der Waals surface area (Å²) in [6.07, 6.45) is 60.4. The fourth-order valence-corrected chi connectivity index (χ4v) is 8.47. The molecule has 0 saturated carbocycles. The first-order valence-corrected chi connectivity index (χ1v) is 28.5. The monoisotopic (exact) mass is 921 g/mol. The number of aliphatic hydroxyl groups is 1. The number of amides is 1. The van der Waals surface area contributed by atoms with Crippen LogP contribution in [0.3, 0.4) is 0 Å². The van der Waals surface area contributed by atoms with E-state index < -0.39 is 20.0 Å². The Morgan fingerprint density at radius 3 is 1.31 bits per heavy atom. The third-order valence-corrected chi connectivity index (χ3v) is 13.0. The second-order valence-electron chi connectivity index (χ2n) is 19.6. The number of hydrogen-bond donors (Lipinski definition) is 2. The maximum atomic E-state index is 12.9. The van der Waals surface area contributed by atoms with Crippen molar-refractivity contribution in [2.24, 2.45) is 0 Å². The Labute approximate surface area is 397 Å². The Morgan fingerprint density at radius 1 is 0.547 bits per heavy atom. The smallest absolute Gasteiger partial charge is 0.268 e. The van der Waals surface area contributed by atoms with Crippen LogP contribution >= 0.6 is 7.82 Å². The number of likely N-dealkylation sites (N-methyl/N-ethyl adjacent to an activating group) is 1. The van der Waals surface area contributed by atoms with Crippen LogP contribution in [0.15, 0.2) is 48.6 Å². The fraction of sp³-hybridized carbons (Fsp3) is 0.836. The topological polar surface area (TPSA) is 108 Å². The van der Waals surface area contributed by atoms with E-state index in [4.69, 9.17) is 9.05 Å². The number of nitrogens with zero attached hydrogens (tertiary/aromatic N) is 1. The molecule has 0 aromatic heterocycles. The van der Waals surface area contributed by atoms with Crippen LogP contribution in [-0.4, -0.2) is 68.5 Å². The highest BCUT2D eigenvalue weighted by Gasteiger charge is 2.23. The summed E-state index contributed by atoms with van der Waals surface area (Å²) in [5.74, 6) is -0.198. The third-order valence-electron chi connectivity index (χ3n) is 12.0. The molecule has 376 valence electrons. The zero-order valence-electron chi connectivity index (χ0n) is 42.7. The average Bonchev–Trinajstić information content (AvgIpc) is 3.25. The van der Waals surface area contributed by atoms with Crippen molar-refractivity contribution in [3.05, 3.63) is 48.6 Å². The Balaban J connectivity index is 4.04.